The van der Waals surface area contributed by atoms with E-state index < -0.39 is 16.6 Å². The van der Waals surface area contributed by atoms with E-state index in [1.54, 1.807) is 9.80 Å². The molecule has 1 aromatic rings. The van der Waals surface area contributed by atoms with Gasteiger partial charge in [0.15, 0.2) is 0 Å². The first-order valence-electron chi connectivity index (χ1n) is 10.7. The number of carbonyl (C=O) groups excluding carboxylic acids is 2. The molecule has 15 heteroatoms. The molecule has 2 amide bonds. The van der Waals surface area contributed by atoms with E-state index in [2.05, 4.69) is 41.4 Å². The van der Waals surface area contributed by atoms with Crippen LogP contribution in [0.25, 0.3) is 0 Å². The number of hydrogen-bond donors (Lipinski definition) is 1. The third kappa shape index (κ3) is 7.67. The summed E-state index contributed by atoms with van der Waals surface area (Å²) in [4.78, 5) is 39.0. The van der Waals surface area contributed by atoms with Crippen molar-refractivity contribution in [2.24, 2.45) is 10.1 Å². The van der Waals surface area contributed by atoms with Gasteiger partial charge in [-0.1, -0.05) is 15.9 Å². The Balaban J connectivity index is 1.41. The van der Waals surface area contributed by atoms with Gasteiger partial charge in [-0.25, -0.2) is 15.4 Å². The predicted octanol–water partition coefficient (Wildman–Crippen LogP) is 0.886. The lowest BCUT2D eigenvalue weighted by molar-refractivity contribution is -0.138. The number of aliphatic imine (C=N–C) groups is 1. The topological polar surface area (TPSA) is 122 Å². The monoisotopic (exact) mass is 563 g/mol. The summed E-state index contributed by atoms with van der Waals surface area (Å²) in [5.41, 5.74) is 1.88. The second-order valence-electron chi connectivity index (χ2n) is 7.72. The van der Waals surface area contributed by atoms with Gasteiger partial charge in [0.05, 0.1) is 49.8 Å². The summed E-state index contributed by atoms with van der Waals surface area (Å²) in [5, 5.41) is 3.74. The summed E-state index contributed by atoms with van der Waals surface area (Å²) in [6.07, 6.45) is -1.36. The van der Waals surface area contributed by atoms with Crippen LogP contribution in [0.4, 0.5) is 19.1 Å². The van der Waals surface area contributed by atoms with Gasteiger partial charge in [-0.2, -0.15) is 18.3 Å². The van der Waals surface area contributed by atoms with Crippen molar-refractivity contribution in [3.8, 4) is 0 Å². The number of ether oxygens (including phenoxy) is 2. The predicted molar refractivity (Wildman–Crippen MR) is 124 cm³/mol. The average molecular weight is 564 g/mol. The molecule has 2 aliphatic rings. The standard InChI is InChI=1S/C20H25BrF3N7O4/c1-34-11-14(28-15-10-27-29-18(33)17(15)21)12-35-7-2-16(32)30-3-5-31(6-4-30)19-25-8-13(9-26-19)20(22,23)24/h8-10,14,17H,2-7,11-12H2,1H3,(H,29,33)/t14-,17?/m0/s1. The van der Waals surface area contributed by atoms with Gasteiger partial charge in [-0.05, 0) is 0 Å². The zero-order chi connectivity index (χ0) is 25.4. The van der Waals surface area contributed by atoms with Crippen LogP contribution in [0.1, 0.15) is 12.0 Å². The number of nitrogens with zero attached hydrogens (tertiary/aromatic N) is 6. The molecule has 0 bridgehead atoms. The van der Waals surface area contributed by atoms with Crippen molar-refractivity contribution in [1.82, 2.24) is 20.3 Å². The van der Waals surface area contributed by atoms with Crippen molar-refractivity contribution in [2.45, 2.75) is 23.5 Å². The van der Waals surface area contributed by atoms with Gasteiger partial charge >= 0.3 is 6.18 Å². The summed E-state index contributed by atoms with van der Waals surface area (Å²) in [5.74, 6) is -0.214. The number of hydrogen-bond acceptors (Lipinski definition) is 9. The maximum atomic E-state index is 12.7. The van der Waals surface area contributed by atoms with Gasteiger partial charge in [0.1, 0.15) is 4.83 Å². The van der Waals surface area contributed by atoms with Crippen molar-refractivity contribution in [3.63, 3.8) is 0 Å². The smallest absolute Gasteiger partial charge is 0.382 e. The van der Waals surface area contributed by atoms with Crippen LogP contribution in [0.15, 0.2) is 22.5 Å². The molecule has 1 saturated heterocycles. The van der Waals surface area contributed by atoms with E-state index in [1.807, 2.05) is 0 Å². The van der Waals surface area contributed by atoms with Crippen molar-refractivity contribution >= 4 is 45.6 Å². The van der Waals surface area contributed by atoms with E-state index in [9.17, 15) is 22.8 Å². The number of alkyl halides is 4. The Kier molecular flexibility index (Phi) is 9.51. The number of amides is 2. The van der Waals surface area contributed by atoms with E-state index in [1.165, 1.54) is 13.3 Å². The first-order valence-corrected chi connectivity index (χ1v) is 11.6. The van der Waals surface area contributed by atoms with Crippen LogP contribution in [0.5, 0.6) is 0 Å². The van der Waals surface area contributed by atoms with E-state index in [0.29, 0.717) is 31.9 Å². The molecule has 0 aromatic carbocycles. The van der Waals surface area contributed by atoms with E-state index in [0.717, 1.165) is 12.4 Å². The Hall–Kier alpha value is -2.65. The highest BCUT2D eigenvalue weighted by Crippen LogP contribution is 2.28. The Bertz CT molecular complexity index is 938. The second kappa shape index (κ2) is 12.4. The molecule has 0 aliphatic carbocycles. The largest absolute Gasteiger partial charge is 0.419 e. The first kappa shape index (κ1) is 26.9. The molecule has 1 fully saturated rings. The molecule has 2 atom stereocenters. The lowest BCUT2D eigenvalue weighted by Crippen LogP contribution is -2.49. The quantitative estimate of drug-likeness (QED) is 0.349. The molecule has 2 aliphatic heterocycles. The zero-order valence-electron chi connectivity index (χ0n) is 18.9. The van der Waals surface area contributed by atoms with Gasteiger partial charge in [0.2, 0.25) is 11.9 Å². The van der Waals surface area contributed by atoms with Crippen molar-refractivity contribution in [1.29, 1.82) is 0 Å². The highest BCUT2D eigenvalue weighted by molar-refractivity contribution is 9.10. The summed E-state index contributed by atoms with van der Waals surface area (Å²) >= 11 is 3.25. The van der Waals surface area contributed by atoms with Crippen molar-refractivity contribution in [3.05, 3.63) is 18.0 Å². The van der Waals surface area contributed by atoms with Gasteiger partial charge in [-0.15, -0.1) is 0 Å². The van der Waals surface area contributed by atoms with Gasteiger partial charge < -0.3 is 19.3 Å². The molecule has 1 N–H and O–H groups in total. The Labute approximate surface area is 207 Å². The third-order valence-electron chi connectivity index (χ3n) is 5.20. The number of aromatic nitrogens is 2. The fraction of sp³-hybridized carbons (Fsp3) is 0.600. The molecule has 192 valence electrons. The highest BCUT2D eigenvalue weighted by Gasteiger charge is 2.32. The van der Waals surface area contributed by atoms with Crippen molar-refractivity contribution in [2.75, 3.05) is 58.0 Å². The van der Waals surface area contributed by atoms with Crippen LogP contribution < -0.4 is 10.3 Å². The molecular weight excluding hydrogens is 539 g/mol. The minimum absolute atomic E-state index is 0.0933. The van der Waals surface area contributed by atoms with Gasteiger partial charge in [-0.3, -0.25) is 14.6 Å². The molecule has 1 aromatic heterocycles. The first-order chi connectivity index (χ1) is 16.7. The van der Waals surface area contributed by atoms with Crippen LogP contribution in [0.3, 0.4) is 0 Å². The Morgan fingerprint density at radius 1 is 1.26 bits per heavy atom. The van der Waals surface area contributed by atoms with Crippen LogP contribution >= 0.6 is 15.9 Å². The number of hydrazone groups is 1. The number of nitrogens with one attached hydrogen (secondary N) is 1. The Morgan fingerprint density at radius 3 is 2.57 bits per heavy atom. The van der Waals surface area contributed by atoms with Gasteiger partial charge in [0, 0.05) is 45.7 Å². The molecule has 0 spiro atoms. The number of halogens is 4. The molecule has 0 radical (unpaired) electrons. The minimum Gasteiger partial charge on any atom is -0.382 e. The maximum Gasteiger partial charge on any atom is 0.419 e. The van der Waals surface area contributed by atoms with Crippen molar-refractivity contribution < 1.29 is 32.2 Å². The lowest BCUT2D eigenvalue weighted by Gasteiger charge is -2.34. The Morgan fingerprint density at radius 2 is 1.94 bits per heavy atom. The molecule has 1 unspecified atom stereocenters. The number of piperazine rings is 1. The molecule has 35 heavy (non-hydrogen) atoms. The lowest BCUT2D eigenvalue weighted by atomic mass is 10.2. The van der Waals surface area contributed by atoms with Crippen LogP contribution in [-0.4, -0.2) is 103 Å². The summed E-state index contributed by atoms with van der Waals surface area (Å²) in [6, 6.07) is -0.380. The fourth-order valence-electron chi connectivity index (χ4n) is 3.37. The zero-order valence-corrected chi connectivity index (χ0v) is 20.5. The molecule has 3 heterocycles. The average Bonchev–Trinajstić information content (AvgIpc) is 2.84. The molecular formula is C20H25BrF3N7O4. The summed E-state index contributed by atoms with van der Waals surface area (Å²) < 4.78 is 48.8. The normalized spacial score (nSPS) is 20.8. The van der Waals surface area contributed by atoms with E-state index in [4.69, 9.17) is 9.47 Å². The second-order valence-corrected chi connectivity index (χ2v) is 8.64. The van der Waals surface area contributed by atoms with Crippen LogP contribution in [-0.2, 0) is 25.2 Å². The van der Waals surface area contributed by atoms with Gasteiger partial charge in [0.25, 0.3) is 5.91 Å². The van der Waals surface area contributed by atoms with E-state index in [-0.39, 0.29) is 50.0 Å². The number of rotatable bonds is 9. The number of methoxy groups -OCH3 is 1. The molecule has 11 nitrogen and oxygen atoms in total. The summed E-state index contributed by atoms with van der Waals surface area (Å²) in [7, 11) is 1.53. The highest BCUT2D eigenvalue weighted by atomic mass is 79.9. The number of carbonyl (C=O) groups is 2. The third-order valence-corrected chi connectivity index (χ3v) is 6.09. The van der Waals surface area contributed by atoms with Crippen LogP contribution in [0, 0.1) is 0 Å². The van der Waals surface area contributed by atoms with E-state index >= 15 is 0 Å². The maximum absolute atomic E-state index is 12.7. The fourth-order valence-corrected chi connectivity index (χ4v) is 3.71. The summed E-state index contributed by atoms with van der Waals surface area (Å²) in [6.45, 7) is 2.26. The molecule has 0 saturated carbocycles. The molecule has 3 rings (SSSR count). The SMILES string of the molecule is COC[C@@H](COCCC(=O)N1CCN(c2ncc(C(F)(F)F)cn2)CC1)N=C1C=NNC(=O)C1Br. The minimum atomic E-state index is -4.49. The number of anilines is 1. The van der Waals surface area contributed by atoms with Crippen LogP contribution in [0.2, 0.25) is 0 Å².